The van der Waals surface area contributed by atoms with Crippen LogP contribution in [0.4, 0.5) is 0 Å². The fourth-order valence-electron chi connectivity index (χ4n) is 2.55. The molecule has 6 heteroatoms. The smallest absolute Gasteiger partial charge is 0.251 e. The molecule has 2 rings (SSSR count). The number of hydrogen-bond donors (Lipinski definition) is 2. The van der Waals surface area contributed by atoms with Gasteiger partial charge in [-0.25, -0.2) is 0 Å². The first-order chi connectivity index (χ1) is 11.0. The first kappa shape index (κ1) is 17.4. The average molecular weight is 318 g/mol. The number of benzene rings is 1. The second-order valence-electron chi connectivity index (χ2n) is 6.01. The molecule has 0 bridgehead atoms. The highest BCUT2D eigenvalue weighted by atomic mass is 16.2. The molecular formula is C17H26N4O2. The highest BCUT2D eigenvalue weighted by molar-refractivity contribution is 5.94. The normalized spacial score (nSPS) is 16.1. The molecule has 126 valence electrons. The zero-order chi connectivity index (χ0) is 16.7. The Labute approximate surface area is 137 Å². The molecule has 23 heavy (non-hydrogen) atoms. The molecule has 2 N–H and O–H groups in total. The third-order valence-corrected chi connectivity index (χ3v) is 4.04. The number of piperazine rings is 1. The van der Waals surface area contributed by atoms with Crippen molar-refractivity contribution in [3.63, 3.8) is 0 Å². The number of nitrogens with zero attached hydrogens (tertiary/aromatic N) is 2. The van der Waals surface area contributed by atoms with Crippen LogP contribution in [0.2, 0.25) is 0 Å². The van der Waals surface area contributed by atoms with E-state index in [9.17, 15) is 9.59 Å². The first-order valence-electron chi connectivity index (χ1n) is 8.07. The summed E-state index contributed by atoms with van der Waals surface area (Å²) in [5, 5.41) is 5.70. The molecule has 1 heterocycles. The molecule has 0 spiro atoms. The van der Waals surface area contributed by atoms with E-state index in [1.807, 2.05) is 18.2 Å². The fraction of sp³-hybridized carbons (Fsp3) is 0.529. The van der Waals surface area contributed by atoms with Crippen LogP contribution in [0, 0.1) is 0 Å². The molecule has 1 saturated heterocycles. The summed E-state index contributed by atoms with van der Waals surface area (Å²) in [6, 6.07) is 7.35. The van der Waals surface area contributed by atoms with Gasteiger partial charge < -0.3 is 15.5 Å². The summed E-state index contributed by atoms with van der Waals surface area (Å²) in [5.74, 6) is -0.143. The summed E-state index contributed by atoms with van der Waals surface area (Å²) in [6.45, 7) is 7.73. The molecule has 1 aromatic rings. The highest BCUT2D eigenvalue weighted by Gasteiger charge is 2.13. The van der Waals surface area contributed by atoms with Gasteiger partial charge in [0.1, 0.15) is 0 Å². The van der Waals surface area contributed by atoms with E-state index in [4.69, 9.17) is 0 Å². The second kappa shape index (κ2) is 8.64. The van der Waals surface area contributed by atoms with Crippen LogP contribution in [-0.4, -0.2) is 67.9 Å². The summed E-state index contributed by atoms with van der Waals surface area (Å²) in [7, 11) is 2.13. The molecule has 0 aromatic heterocycles. The van der Waals surface area contributed by atoms with Crippen molar-refractivity contribution in [1.29, 1.82) is 0 Å². The van der Waals surface area contributed by atoms with E-state index in [1.54, 1.807) is 6.07 Å². The number of hydrogen-bond acceptors (Lipinski definition) is 4. The van der Waals surface area contributed by atoms with Crippen LogP contribution in [-0.2, 0) is 11.3 Å². The predicted molar refractivity (Wildman–Crippen MR) is 90.2 cm³/mol. The van der Waals surface area contributed by atoms with E-state index in [-0.39, 0.29) is 11.8 Å². The monoisotopic (exact) mass is 318 g/mol. The van der Waals surface area contributed by atoms with Crippen molar-refractivity contribution in [2.75, 3.05) is 46.3 Å². The van der Waals surface area contributed by atoms with Gasteiger partial charge in [0.15, 0.2) is 0 Å². The SMILES string of the molecule is CC(=O)NCc1cccc(C(=O)NCCN2CCN(C)CC2)c1. The lowest BCUT2D eigenvalue weighted by molar-refractivity contribution is -0.119. The molecule has 0 saturated carbocycles. The van der Waals surface area contributed by atoms with Crippen molar-refractivity contribution in [2.45, 2.75) is 13.5 Å². The lowest BCUT2D eigenvalue weighted by Gasteiger charge is -2.32. The van der Waals surface area contributed by atoms with Crippen LogP contribution < -0.4 is 10.6 Å². The third-order valence-electron chi connectivity index (χ3n) is 4.04. The largest absolute Gasteiger partial charge is 0.352 e. The van der Waals surface area contributed by atoms with Gasteiger partial charge in [0.05, 0.1) is 0 Å². The summed E-state index contributed by atoms with van der Waals surface area (Å²) >= 11 is 0. The number of likely N-dealkylation sites (N-methyl/N-ethyl adjacent to an activating group) is 1. The Balaban J connectivity index is 1.76. The van der Waals surface area contributed by atoms with E-state index in [1.165, 1.54) is 6.92 Å². The van der Waals surface area contributed by atoms with Gasteiger partial charge in [-0.1, -0.05) is 12.1 Å². The molecule has 0 atom stereocenters. The second-order valence-corrected chi connectivity index (χ2v) is 6.01. The Morgan fingerprint density at radius 2 is 1.87 bits per heavy atom. The van der Waals surface area contributed by atoms with Crippen LogP contribution in [0.1, 0.15) is 22.8 Å². The standard InChI is InChI=1S/C17H26N4O2/c1-14(22)19-13-15-4-3-5-16(12-15)17(23)18-6-7-21-10-8-20(2)9-11-21/h3-5,12H,6-11,13H2,1-2H3,(H,18,23)(H,19,22). The molecule has 6 nitrogen and oxygen atoms in total. The molecule has 1 aliphatic rings. The minimum atomic E-state index is -0.0768. The van der Waals surface area contributed by atoms with E-state index < -0.39 is 0 Å². The molecule has 0 unspecified atom stereocenters. The first-order valence-corrected chi connectivity index (χ1v) is 8.07. The molecule has 1 aliphatic heterocycles. The van der Waals surface area contributed by atoms with Crippen LogP contribution >= 0.6 is 0 Å². The van der Waals surface area contributed by atoms with Crippen LogP contribution in [0.3, 0.4) is 0 Å². The number of amides is 2. The maximum Gasteiger partial charge on any atom is 0.251 e. The quantitative estimate of drug-likeness (QED) is 0.792. The third kappa shape index (κ3) is 6.00. The lowest BCUT2D eigenvalue weighted by Crippen LogP contribution is -2.46. The van der Waals surface area contributed by atoms with Crippen molar-refractivity contribution >= 4 is 11.8 Å². The number of carbonyl (C=O) groups excluding carboxylic acids is 2. The number of nitrogens with one attached hydrogen (secondary N) is 2. The summed E-state index contributed by atoms with van der Waals surface area (Å²) < 4.78 is 0. The number of rotatable bonds is 6. The number of carbonyl (C=O) groups is 2. The predicted octanol–water partition coefficient (Wildman–Crippen LogP) is 0.300. The Bertz CT molecular complexity index is 539. The Morgan fingerprint density at radius 1 is 1.13 bits per heavy atom. The minimum Gasteiger partial charge on any atom is -0.352 e. The van der Waals surface area contributed by atoms with Gasteiger partial charge in [-0.3, -0.25) is 14.5 Å². The zero-order valence-corrected chi connectivity index (χ0v) is 14.0. The topological polar surface area (TPSA) is 64.7 Å². The Hall–Kier alpha value is -1.92. The molecule has 0 aliphatic carbocycles. The zero-order valence-electron chi connectivity index (χ0n) is 14.0. The van der Waals surface area contributed by atoms with E-state index in [0.717, 1.165) is 38.3 Å². The molecule has 0 radical (unpaired) electrons. The Kier molecular flexibility index (Phi) is 6.55. The van der Waals surface area contributed by atoms with Gasteiger partial charge >= 0.3 is 0 Å². The lowest BCUT2D eigenvalue weighted by atomic mass is 10.1. The van der Waals surface area contributed by atoms with Gasteiger partial charge in [0.2, 0.25) is 5.91 Å². The van der Waals surface area contributed by atoms with Crippen molar-refractivity contribution < 1.29 is 9.59 Å². The molecular weight excluding hydrogens is 292 g/mol. The van der Waals surface area contributed by atoms with Crippen molar-refractivity contribution in [2.24, 2.45) is 0 Å². The van der Waals surface area contributed by atoms with Gasteiger partial charge in [-0.05, 0) is 24.7 Å². The van der Waals surface area contributed by atoms with Crippen LogP contribution in [0.25, 0.3) is 0 Å². The maximum absolute atomic E-state index is 12.2. The molecule has 1 fully saturated rings. The molecule has 2 amide bonds. The maximum atomic E-state index is 12.2. The molecule has 1 aromatic carbocycles. The van der Waals surface area contributed by atoms with Crippen LogP contribution in [0.15, 0.2) is 24.3 Å². The summed E-state index contributed by atoms with van der Waals surface area (Å²) in [6.07, 6.45) is 0. The van der Waals surface area contributed by atoms with E-state index in [2.05, 4.69) is 27.5 Å². The van der Waals surface area contributed by atoms with E-state index in [0.29, 0.717) is 18.7 Å². The van der Waals surface area contributed by atoms with Gasteiger partial charge in [-0.15, -0.1) is 0 Å². The Morgan fingerprint density at radius 3 is 2.57 bits per heavy atom. The van der Waals surface area contributed by atoms with Gasteiger partial charge in [0, 0.05) is 58.3 Å². The summed E-state index contributed by atoms with van der Waals surface area (Å²) in [4.78, 5) is 27.8. The minimum absolute atomic E-state index is 0.0659. The van der Waals surface area contributed by atoms with E-state index >= 15 is 0 Å². The van der Waals surface area contributed by atoms with Gasteiger partial charge in [0.25, 0.3) is 5.91 Å². The fourth-order valence-corrected chi connectivity index (χ4v) is 2.55. The van der Waals surface area contributed by atoms with Crippen LogP contribution in [0.5, 0.6) is 0 Å². The van der Waals surface area contributed by atoms with Crippen molar-refractivity contribution in [3.05, 3.63) is 35.4 Å². The summed E-state index contributed by atoms with van der Waals surface area (Å²) in [5.41, 5.74) is 1.55. The van der Waals surface area contributed by atoms with Crippen molar-refractivity contribution in [1.82, 2.24) is 20.4 Å². The van der Waals surface area contributed by atoms with Crippen molar-refractivity contribution in [3.8, 4) is 0 Å². The van der Waals surface area contributed by atoms with Gasteiger partial charge in [-0.2, -0.15) is 0 Å². The average Bonchev–Trinajstić information content (AvgIpc) is 2.55. The highest BCUT2D eigenvalue weighted by Crippen LogP contribution is 2.05.